The Hall–Kier alpha value is -2.07. The van der Waals surface area contributed by atoms with E-state index in [0.717, 1.165) is 25.1 Å². The summed E-state index contributed by atoms with van der Waals surface area (Å²) in [5.74, 6) is 0.852. The highest BCUT2D eigenvalue weighted by molar-refractivity contribution is 7.80. The number of nitrogens with one attached hydrogen (secondary N) is 1. The predicted octanol–water partition coefficient (Wildman–Crippen LogP) is 4.29. The second-order valence-electron chi connectivity index (χ2n) is 5.72. The molecule has 1 atom stereocenters. The quantitative estimate of drug-likeness (QED) is 0.725. The summed E-state index contributed by atoms with van der Waals surface area (Å²) in [6.07, 6.45) is 1.70. The normalized spacial score (nSPS) is 11.6. The van der Waals surface area contributed by atoms with E-state index in [0.29, 0.717) is 11.8 Å². The van der Waals surface area contributed by atoms with E-state index in [1.807, 2.05) is 42.5 Å². The van der Waals surface area contributed by atoms with Crippen molar-refractivity contribution in [3.63, 3.8) is 0 Å². The van der Waals surface area contributed by atoms with Gasteiger partial charge in [-0.05, 0) is 49.7 Å². The first-order valence-electron chi connectivity index (χ1n) is 8.35. The van der Waals surface area contributed by atoms with Crippen LogP contribution in [0, 0.1) is 6.92 Å². The summed E-state index contributed by atoms with van der Waals surface area (Å²) in [5, 5.41) is 3.59. The van der Waals surface area contributed by atoms with Crippen LogP contribution in [-0.2, 0) is 11.2 Å². The molecule has 4 heteroatoms. The van der Waals surface area contributed by atoms with Gasteiger partial charge in [0.05, 0.1) is 0 Å². The highest BCUT2D eigenvalue weighted by atomic mass is 32.1. The third kappa shape index (κ3) is 6.59. The Balaban J connectivity index is 1.69. The number of hydrogen-bond donors (Lipinski definition) is 1. The second-order valence-corrected chi connectivity index (χ2v) is 6.09. The van der Waals surface area contributed by atoms with Gasteiger partial charge in [-0.15, -0.1) is 0 Å². The van der Waals surface area contributed by atoms with Gasteiger partial charge in [0.2, 0.25) is 0 Å². The molecule has 2 aromatic carbocycles. The third-order valence-electron chi connectivity index (χ3n) is 3.71. The first-order chi connectivity index (χ1) is 11.7. The summed E-state index contributed by atoms with van der Waals surface area (Å²) in [4.78, 5) is 0. The van der Waals surface area contributed by atoms with Crippen LogP contribution in [0.5, 0.6) is 5.75 Å². The van der Waals surface area contributed by atoms with Gasteiger partial charge in [0, 0.05) is 6.54 Å². The van der Waals surface area contributed by atoms with Gasteiger partial charge in [-0.3, -0.25) is 0 Å². The van der Waals surface area contributed by atoms with Gasteiger partial charge in [0.25, 0.3) is 5.17 Å². The van der Waals surface area contributed by atoms with E-state index in [1.165, 1.54) is 11.1 Å². The van der Waals surface area contributed by atoms with Gasteiger partial charge in [-0.2, -0.15) is 0 Å². The molecule has 3 nitrogen and oxygen atoms in total. The van der Waals surface area contributed by atoms with Crippen LogP contribution >= 0.6 is 12.2 Å². The maximum Gasteiger partial charge on any atom is 0.257 e. The SMILES string of the molecule is CCC(COc1ccc(C)cc1)OC(=S)NCCc1ccccc1. The zero-order valence-corrected chi connectivity index (χ0v) is 15.1. The van der Waals surface area contributed by atoms with Crippen molar-refractivity contribution in [2.45, 2.75) is 32.8 Å². The number of thiocarbonyl (C=S) groups is 1. The van der Waals surface area contributed by atoms with Gasteiger partial charge >= 0.3 is 0 Å². The highest BCUT2D eigenvalue weighted by Crippen LogP contribution is 2.12. The van der Waals surface area contributed by atoms with Gasteiger partial charge < -0.3 is 14.8 Å². The number of ether oxygens (including phenoxy) is 2. The van der Waals surface area contributed by atoms with Crippen LogP contribution in [0.25, 0.3) is 0 Å². The minimum Gasteiger partial charge on any atom is -0.490 e. The lowest BCUT2D eigenvalue weighted by Crippen LogP contribution is -2.32. The first kappa shape index (κ1) is 18.3. The summed E-state index contributed by atoms with van der Waals surface area (Å²) in [5.41, 5.74) is 2.50. The summed E-state index contributed by atoms with van der Waals surface area (Å²) in [6.45, 7) is 5.37. The Bertz CT molecular complexity index is 613. The number of rotatable bonds is 8. The Morgan fingerprint density at radius 2 is 1.79 bits per heavy atom. The average Bonchev–Trinajstić information content (AvgIpc) is 2.61. The smallest absolute Gasteiger partial charge is 0.257 e. The molecule has 0 spiro atoms. The molecule has 0 aliphatic carbocycles. The van der Waals surface area contributed by atoms with Crippen LogP contribution in [0.4, 0.5) is 0 Å². The second kappa shape index (κ2) is 9.93. The monoisotopic (exact) mass is 343 g/mol. The molecule has 2 rings (SSSR count). The van der Waals surface area contributed by atoms with Gasteiger partial charge in [0.15, 0.2) is 0 Å². The maximum absolute atomic E-state index is 5.78. The van der Waals surface area contributed by atoms with Crippen LogP contribution in [0.2, 0.25) is 0 Å². The van der Waals surface area contributed by atoms with Crippen LogP contribution in [0.1, 0.15) is 24.5 Å². The summed E-state index contributed by atoms with van der Waals surface area (Å²) in [6, 6.07) is 18.3. The lowest BCUT2D eigenvalue weighted by molar-refractivity contribution is 0.113. The van der Waals surface area contributed by atoms with Crippen molar-refractivity contribution in [3.8, 4) is 5.75 Å². The zero-order chi connectivity index (χ0) is 17.2. The van der Waals surface area contributed by atoms with E-state index >= 15 is 0 Å². The highest BCUT2D eigenvalue weighted by Gasteiger charge is 2.11. The molecule has 128 valence electrons. The largest absolute Gasteiger partial charge is 0.490 e. The fourth-order valence-corrected chi connectivity index (χ4v) is 2.44. The lowest BCUT2D eigenvalue weighted by Gasteiger charge is -2.19. The third-order valence-corrected chi connectivity index (χ3v) is 3.95. The van der Waals surface area contributed by atoms with Gasteiger partial charge in [0.1, 0.15) is 18.5 Å². The summed E-state index contributed by atoms with van der Waals surface area (Å²) < 4.78 is 11.6. The molecule has 24 heavy (non-hydrogen) atoms. The molecule has 0 saturated carbocycles. The van der Waals surface area contributed by atoms with Crippen molar-refractivity contribution in [1.82, 2.24) is 5.32 Å². The summed E-state index contributed by atoms with van der Waals surface area (Å²) in [7, 11) is 0. The molecule has 0 bridgehead atoms. The zero-order valence-electron chi connectivity index (χ0n) is 14.3. The Kier molecular flexibility index (Phi) is 7.56. The van der Waals surface area contributed by atoms with E-state index in [-0.39, 0.29) is 6.10 Å². The molecule has 1 unspecified atom stereocenters. The number of benzene rings is 2. The van der Waals surface area contributed by atoms with Crippen LogP contribution in [0.15, 0.2) is 54.6 Å². The average molecular weight is 343 g/mol. The van der Waals surface area contributed by atoms with Crippen LogP contribution < -0.4 is 10.1 Å². The molecule has 0 fully saturated rings. The van der Waals surface area contributed by atoms with Crippen LogP contribution in [-0.4, -0.2) is 24.4 Å². The molecule has 0 amide bonds. The molecular weight excluding hydrogens is 318 g/mol. The lowest BCUT2D eigenvalue weighted by atomic mass is 10.1. The Morgan fingerprint density at radius 1 is 1.08 bits per heavy atom. The van der Waals surface area contributed by atoms with E-state index in [1.54, 1.807) is 0 Å². The molecule has 0 heterocycles. The Morgan fingerprint density at radius 3 is 2.46 bits per heavy atom. The van der Waals surface area contributed by atoms with Gasteiger partial charge in [-0.1, -0.05) is 55.0 Å². The van der Waals surface area contributed by atoms with Crippen LogP contribution in [0.3, 0.4) is 0 Å². The molecule has 0 radical (unpaired) electrons. The van der Waals surface area contributed by atoms with Crippen molar-refractivity contribution in [1.29, 1.82) is 0 Å². The van der Waals surface area contributed by atoms with E-state index in [4.69, 9.17) is 21.7 Å². The molecule has 0 saturated heterocycles. The maximum atomic E-state index is 5.78. The predicted molar refractivity (Wildman–Crippen MR) is 103 cm³/mol. The Labute approximate surface area is 150 Å². The van der Waals surface area contributed by atoms with E-state index in [2.05, 4.69) is 31.3 Å². The van der Waals surface area contributed by atoms with Crippen molar-refractivity contribution in [2.75, 3.05) is 13.2 Å². The minimum atomic E-state index is -0.0528. The fraction of sp³-hybridized carbons (Fsp3) is 0.350. The van der Waals surface area contributed by atoms with Gasteiger partial charge in [-0.25, -0.2) is 0 Å². The fourth-order valence-electron chi connectivity index (χ4n) is 2.21. The first-order valence-corrected chi connectivity index (χ1v) is 8.76. The van der Waals surface area contributed by atoms with E-state index < -0.39 is 0 Å². The number of aryl methyl sites for hydroxylation is 1. The molecule has 0 aliphatic heterocycles. The molecule has 0 aromatic heterocycles. The standard InChI is InChI=1S/C20H25NO2S/c1-3-18(15-22-19-11-9-16(2)10-12-19)23-20(24)21-14-13-17-7-5-4-6-8-17/h4-12,18H,3,13-15H2,1-2H3,(H,21,24). The summed E-state index contributed by atoms with van der Waals surface area (Å²) >= 11 is 5.27. The van der Waals surface area contributed by atoms with E-state index in [9.17, 15) is 0 Å². The van der Waals surface area contributed by atoms with Crippen molar-refractivity contribution in [2.24, 2.45) is 0 Å². The topological polar surface area (TPSA) is 30.5 Å². The molecule has 2 aromatic rings. The molecule has 1 N–H and O–H groups in total. The van der Waals surface area contributed by atoms with Crippen molar-refractivity contribution in [3.05, 3.63) is 65.7 Å². The molecule has 0 aliphatic rings. The molecular formula is C20H25NO2S. The van der Waals surface area contributed by atoms with Crippen molar-refractivity contribution < 1.29 is 9.47 Å². The number of hydrogen-bond acceptors (Lipinski definition) is 3. The van der Waals surface area contributed by atoms with Crippen molar-refractivity contribution >= 4 is 17.4 Å². The minimum absolute atomic E-state index is 0.0528.